The van der Waals surface area contributed by atoms with Gasteiger partial charge in [-0.25, -0.2) is 0 Å². The minimum absolute atomic E-state index is 0.615. The molecule has 2 aromatic rings. The normalized spacial score (nSPS) is 10.2. The highest BCUT2D eigenvalue weighted by atomic mass is 32.2. The van der Waals surface area contributed by atoms with Crippen LogP contribution in [0, 0.1) is 6.92 Å². The fourth-order valence-corrected chi connectivity index (χ4v) is 2.55. The third-order valence-corrected chi connectivity index (χ3v) is 3.98. The highest BCUT2D eigenvalue weighted by molar-refractivity contribution is 7.99. The molecule has 2 rings (SSSR count). The van der Waals surface area contributed by atoms with E-state index in [1.165, 1.54) is 10.5 Å². The molecule has 0 atom stereocenters. The number of benzene rings is 1. The smallest absolute Gasteiger partial charge is 0.166 e. The van der Waals surface area contributed by atoms with Crippen molar-refractivity contribution >= 4 is 29.1 Å². The molecule has 0 unspecified atom stereocenters. The van der Waals surface area contributed by atoms with E-state index < -0.39 is 0 Å². The zero-order valence-corrected chi connectivity index (χ0v) is 13.0. The Balaban J connectivity index is 1.58. The highest BCUT2D eigenvalue weighted by Crippen LogP contribution is 2.17. The summed E-state index contributed by atoms with van der Waals surface area (Å²) in [5.41, 5.74) is 1.29. The molecule has 1 heterocycles. The number of hydrogen-bond acceptors (Lipinski definition) is 3. The van der Waals surface area contributed by atoms with Gasteiger partial charge in [0.1, 0.15) is 5.76 Å². The van der Waals surface area contributed by atoms with Gasteiger partial charge in [0.05, 0.1) is 12.8 Å². The molecule has 3 nitrogen and oxygen atoms in total. The first-order valence-corrected chi connectivity index (χ1v) is 7.87. The molecule has 1 aromatic carbocycles. The minimum atomic E-state index is 0.615. The van der Waals surface area contributed by atoms with E-state index in [-0.39, 0.29) is 0 Å². The third-order valence-electron chi connectivity index (χ3n) is 2.68. The van der Waals surface area contributed by atoms with E-state index in [2.05, 4.69) is 41.8 Å². The van der Waals surface area contributed by atoms with Crippen molar-refractivity contribution < 1.29 is 4.42 Å². The molecular formula is C15H18N2OS2. The van der Waals surface area contributed by atoms with E-state index in [0.29, 0.717) is 11.7 Å². The molecular weight excluding hydrogens is 288 g/mol. The van der Waals surface area contributed by atoms with Gasteiger partial charge < -0.3 is 15.1 Å². The van der Waals surface area contributed by atoms with E-state index >= 15 is 0 Å². The van der Waals surface area contributed by atoms with Crippen LogP contribution in [0.25, 0.3) is 0 Å². The van der Waals surface area contributed by atoms with E-state index in [0.717, 1.165) is 18.1 Å². The molecule has 5 heteroatoms. The Hall–Kier alpha value is -1.46. The van der Waals surface area contributed by atoms with Crippen molar-refractivity contribution in [1.82, 2.24) is 10.6 Å². The molecule has 2 N–H and O–H groups in total. The molecule has 0 aliphatic heterocycles. The van der Waals surface area contributed by atoms with Gasteiger partial charge in [0.25, 0.3) is 0 Å². The lowest BCUT2D eigenvalue weighted by molar-refractivity contribution is 0.502. The lowest BCUT2D eigenvalue weighted by atomic mass is 10.2. The summed E-state index contributed by atoms with van der Waals surface area (Å²) in [5.74, 6) is 1.86. The van der Waals surface area contributed by atoms with Crippen LogP contribution in [0.5, 0.6) is 0 Å². The van der Waals surface area contributed by atoms with E-state index in [1.54, 1.807) is 6.26 Å². The zero-order chi connectivity index (χ0) is 14.2. The van der Waals surface area contributed by atoms with Crippen molar-refractivity contribution in [3.8, 4) is 0 Å². The average molecular weight is 306 g/mol. The van der Waals surface area contributed by atoms with Crippen LogP contribution in [0.3, 0.4) is 0 Å². The average Bonchev–Trinajstić information content (AvgIpc) is 2.96. The summed E-state index contributed by atoms with van der Waals surface area (Å²) in [6, 6.07) is 12.3. The molecule has 20 heavy (non-hydrogen) atoms. The van der Waals surface area contributed by atoms with Crippen LogP contribution >= 0.6 is 24.0 Å². The molecule has 0 radical (unpaired) electrons. The Morgan fingerprint density at radius 3 is 2.70 bits per heavy atom. The topological polar surface area (TPSA) is 37.2 Å². The number of thioether (sulfide) groups is 1. The number of aryl methyl sites for hydroxylation is 1. The van der Waals surface area contributed by atoms with Crippen LogP contribution in [0.1, 0.15) is 11.3 Å². The molecule has 1 aromatic heterocycles. The maximum absolute atomic E-state index is 5.22. The standard InChI is InChI=1S/C15H18N2OS2/c1-12-4-6-14(7-5-12)20-10-8-16-15(19)17-11-13-3-2-9-18-13/h2-7,9H,8,10-11H2,1H3,(H2,16,17,19). The monoisotopic (exact) mass is 306 g/mol. The fraction of sp³-hybridized carbons (Fsp3) is 0.267. The quantitative estimate of drug-likeness (QED) is 0.486. The Labute approximate surface area is 129 Å². The largest absolute Gasteiger partial charge is 0.467 e. The summed E-state index contributed by atoms with van der Waals surface area (Å²) in [7, 11) is 0. The Bertz CT molecular complexity index is 523. The molecule has 0 aliphatic rings. The van der Waals surface area contributed by atoms with Crippen molar-refractivity contribution in [3.05, 3.63) is 54.0 Å². The van der Waals surface area contributed by atoms with Gasteiger partial charge >= 0.3 is 0 Å². The first-order valence-electron chi connectivity index (χ1n) is 6.47. The summed E-state index contributed by atoms with van der Waals surface area (Å²) >= 11 is 7.02. The lowest BCUT2D eigenvalue weighted by Gasteiger charge is -2.09. The van der Waals surface area contributed by atoms with E-state index in [4.69, 9.17) is 16.6 Å². The number of furan rings is 1. The van der Waals surface area contributed by atoms with E-state index in [1.807, 2.05) is 23.9 Å². The molecule has 0 bridgehead atoms. The SMILES string of the molecule is Cc1ccc(SCCNC(=S)NCc2ccco2)cc1. The number of hydrogen-bond donors (Lipinski definition) is 2. The van der Waals surface area contributed by atoms with Gasteiger partial charge in [0, 0.05) is 17.2 Å². The molecule has 0 amide bonds. The predicted octanol–water partition coefficient (Wildman–Crippen LogP) is 3.34. The summed E-state index contributed by atoms with van der Waals surface area (Å²) < 4.78 is 5.22. The molecule has 0 fully saturated rings. The highest BCUT2D eigenvalue weighted by Gasteiger charge is 1.98. The van der Waals surface area contributed by atoms with Crippen molar-refractivity contribution in [2.75, 3.05) is 12.3 Å². The van der Waals surface area contributed by atoms with Crippen LogP contribution in [0.2, 0.25) is 0 Å². The molecule has 0 aliphatic carbocycles. The van der Waals surface area contributed by atoms with Crippen LogP contribution in [-0.4, -0.2) is 17.4 Å². The maximum Gasteiger partial charge on any atom is 0.166 e. The molecule has 0 saturated heterocycles. The van der Waals surface area contributed by atoms with Gasteiger partial charge in [-0.05, 0) is 43.4 Å². The van der Waals surface area contributed by atoms with Gasteiger partial charge in [-0.1, -0.05) is 17.7 Å². The van der Waals surface area contributed by atoms with Crippen molar-refractivity contribution in [2.24, 2.45) is 0 Å². The minimum Gasteiger partial charge on any atom is -0.467 e. The number of rotatable bonds is 6. The number of nitrogens with one attached hydrogen (secondary N) is 2. The second kappa shape index (κ2) is 7.97. The predicted molar refractivity (Wildman–Crippen MR) is 88.1 cm³/mol. The summed E-state index contributed by atoms with van der Waals surface area (Å²) in [4.78, 5) is 1.28. The lowest BCUT2D eigenvalue weighted by Crippen LogP contribution is -2.35. The fourth-order valence-electron chi connectivity index (χ4n) is 1.61. The van der Waals surface area contributed by atoms with Gasteiger partial charge in [0.15, 0.2) is 5.11 Å². The van der Waals surface area contributed by atoms with Gasteiger partial charge in [0.2, 0.25) is 0 Å². The summed E-state index contributed by atoms with van der Waals surface area (Å²) in [6.45, 7) is 3.55. The van der Waals surface area contributed by atoms with Crippen molar-refractivity contribution in [2.45, 2.75) is 18.4 Å². The summed E-state index contributed by atoms with van der Waals surface area (Å²) in [6.07, 6.45) is 1.66. The molecule has 106 valence electrons. The van der Waals surface area contributed by atoms with Crippen LogP contribution in [0.4, 0.5) is 0 Å². The Morgan fingerprint density at radius 2 is 2.00 bits per heavy atom. The first kappa shape index (κ1) is 14.9. The van der Waals surface area contributed by atoms with Gasteiger partial charge in [-0.3, -0.25) is 0 Å². The zero-order valence-electron chi connectivity index (χ0n) is 11.4. The van der Waals surface area contributed by atoms with Crippen molar-refractivity contribution in [3.63, 3.8) is 0 Å². The second-order valence-corrected chi connectivity index (χ2v) is 5.93. The second-order valence-electron chi connectivity index (χ2n) is 4.35. The Kier molecular flexibility index (Phi) is 5.95. The van der Waals surface area contributed by atoms with Gasteiger partial charge in [-0.15, -0.1) is 11.8 Å². The first-order chi connectivity index (χ1) is 9.74. The maximum atomic E-state index is 5.22. The molecule has 0 spiro atoms. The molecule has 0 saturated carbocycles. The van der Waals surface area contributed by atoms with E-state index in [9.17, 15) is 0 Å². The van der Waals surface area contributed by atoms with Gasteiger partial charge in [-0.2, -0.15) is 0 Å². The summed E-state index contributed by atoms with van der Waals surface area (Å²) in [5, 5.41) is 6.95. The van der Waals surface area contributed by atoms with Crippen molar-refractivity contribution in [1.29, 1.82) is 0 Å². The van der Waals surface area contributed by atoms with Crippen LogP contribution in [-0.2, 0) is 6.54 Å². The number of thiocarbonyl (C=S) groups is 1. The Morgan fingerprint density at radius 1 is 1.20 bits per heavy atom. The van der Waals surface area contributed by atoms with Crippen LogP contribution in [0.15, 0.2) is 52.0 Å². The van der Waals surface area contributed by atoms with Crippen LogP contribution < -0.4 is 10.6 Å². The third kappa shape index (κ3) is 5.27.